The van der Waals surface area contributed by atoms with Gasteiger partial charge in [-0.1, -0.05) is 18.8 Å². The first-order valence-electron chi connectivity index (χ1n) is 10.9. The molecule has 11 heteroatoms. The molecule has 1 heterocycles. The molecule has 0 bridgehead atoms. The van der Waals surface area contributed by atoms with E-state index in [0.29, 0.717) is 11.1 Å². The van der Waals surface area contributed by atoms with Gasteiger partial charge in [0.1, 0.15) is 22.6 Å². The van der Waals surface area contributed by atoms with E-state index >= 15 is 0 Å². The Bertz CT molecular complexity index is 1330. The van der Waals surface area contributed by atoms with Crippen LogP contribution < -0.4 is 4.74 Å². The van der Waals surface area contributed by atoms with Crippen molar-refractivity contribution in [2.75, 3.05) is 33.0 Å². The van der Waals surface area contributed by atoms with Crippen molar-refractivity contribution in [1.29, 1.82) is 0 Å². The van der Waals surface area contributed by atoms with Crippen molar-refractivity contribution in [1.82, 2.24) is 8.61 Å². The highest BCUT2D eigenvalue weighted by molar-refractivity contribution is 7.89. The average Bonchev–Trinajstić information content (AvgIpc) is 2.79. The largest absolute Gasteiger partial charge is 0.487 e. The van der Waals surface area contributed by atoms with Gasteiger partial charge < -0.3 is 9.84 Å². The molecule has 1 N–H and O–H groups in total. The van der Waals surface area contributed by atoms with E-state index in [4.69, 9.17) is 4.74 Å². The molecule has 0 fully saturated rings. The summed E-state index contributed by atoms with van der Waals surface area (Å²) >= 11 is 0. The second-order valence-corrected chi connectivity index (χ2v) is 12.7. The summed E-state index contributed by atoms with van der Waals surface area (Å²) in [6.07, 6.45) is 0.417. The van der Waals surface area contributed by atoms with Crippen LogP contribution in [0.25, 0.3) is 0 Å². The SMILES string of the molecule is C[C@@H]1CN([C@H](C)CO)S(=O)(=O)c2ccc(C#Cc3ccc(F)cc3)cc2O[C@@H]1CN(C)S(C)(=O)=O. The second kappa shape index (κ2) is 10.6. The fourth-order valence-electron chi connectivity index (χ4n) is 3.59. The lowest BCUT2D eigenvalue weighted by molar-refractivity contribution is 0.0905. The van der Waals surface area contributed by atoms with Crippen LogP contribution in [-0.4, -0.2) is 75.7 Å². The number of sulfonamides is 2. The maximum absolute atomic E-state index is 13.5. The van der Waals surface area contributed by atoms with E-state index in [1.165, 1.54) is 47.8 Å². The van der Waals surface area contributed by atoms with Crippen LogP contribution >= 0.6 is 0 Å². The van der Waals surface area contributed by atoms with Gasteiger partial charge in [-0.25, -0.2) is 25.5 Å². The molecule has 0 aromatic heterocycles. The molecule has 2 aromatic rings. The molecule has 35 heavy (non-hydrogen) atoms. The van der Waals surface area contributed by atoms with E-state index in [0.717, 1.165) is 10.6 Å². The van der Waals surface area contributed by atoms with Crippen LogP contribution in [0.1, 0.15) is 25.0 Å². The predicted octanol–water partition coefficient (Wildman–Crippen LogP) is 1.89. The molecule has 1 aliphatic rings. The van der Waals surface area contributed by atoms with Gasteiger partial charge in [0.25, 0.3) is 0 Å². The summed E-state index contributed by atoms with van der Waals surface area (Å²) in [5.74, 6) is 5.09. The highest BCUT2D eigenvalue weighted by atomic mass is 32.2. The molecule has 3 rings (SSSR count). The van der Waals surface area contributed by atoms with Crippen LogP contribution in [0, 0.1) is 23.6 Å². The van der Waals surface area contributed by atoms with E-state index in [-0.39, 0.29) is 36.2 Å². The third-order valence-corrected chi connectivity index (χ3v) is 9.17. The standard InChI is InChI=1S/C24H29FN2O6S2/c1-17-14-27(18(2)16-28)35(31,32)24-12-9-20(6-5-19-7-10-21(25)11-8-19)13-22(24)33-23(17)15-26(3)34(4,29)30/h7-13,17-18,23,28H,14-16H2,1-4H3/t17-,18-,23-/m1/s1. The van der Waals surface area contributed by atoms with Crippen LogP contribution in [0.4, 0.5) is 4.39 Å². The number of fused-ring (bicyclic) bond motifs is 1. The molecule has 0 saturated heterocycles. The fraction of sp³-hybridized carbons (Fsp3) is 0.417. The minimum absolute atomic E-state index is 0.00627. The van der Waals surface area contributed by atoms with Gasteiger partial charge in [0.15, 0.2) is 0 Å². The highest BCUT2D eigenvalue weighted by Gasteiger charge is 2.38. The van der Waals surface area contributed by atoms with Gasteiger partial charge in [0.2, 0.25) is 20.0 Å². The summed E-state index contributed by atoms with van der Waals surface area (Å²) in [4.78, 5) is -0.0935. The molecule has 8 nitrogen and oxygen atoms in total. The van der Waals surface area contributed by atoms with Crippen LogP contribution in [0.5, 0.6) is 5.75 Å². The number of hydrogen-bond donors (Lipinski definition) is 1. The Morgan fingerprint density at radius 3 is 2.40 bits per heavy atom. The summed E-state index contributed by atoms with van der Waals surface area (Å²) in [6, 6.07) is 9.39. The van der Waals surface area contributed by atoms with E-state index in [1.807, 2.05) is 0 Å². The average molecular weight is 525 g/mol. The van der Waals surface area contributed by atoms with E-state index in [1.54, 1.807) is 19.9 Å². The zero-order valence-electron chi connectivity index (χ0n) is 20.0. The summed E-state index contributed by atoms with van der Waals surface area (Å²) in [7, 11) is -6.10. The summed E-state index contributed by atoms with van der Waals surface area (Å²) < 4.78 is 72.7. The summed E-state index contributed by atoms with van der Waals surface area (Å²) in [5, 5.41) is 9.71. The second-order valence-electron chi connectivity index (χ2n) is 8.70. The van der Waals surface area contributed by atoms with Crippen molar-refractivity contribution in [3.05, 3.63) is 59.4 Å². The minimum atomic E-state index is -4.03. The molecule has 0 amide bonds. The van der Waals surface area contributed by atoms with Crippen molar-refractivity contribution >= 4 is 20.0 Å². The maximum atomic E-state index is 13.5. The van der Waals surface area contributed by atoms with Gasteiger partial charge in [0.05, 0.1) is 19.4 Å². The third-order valence-electron chi connectivity index (χ3n) is 5.87. The Kier molecular flexibility index (Phi) is 8.24. The van der Waals surface area contributed by atoms with Crippen molar-refractivity contribution < 1.29 is 31.1 Å². The molecular weight excluding hydrogens is 495 g/mol. The van der Waals surface area contributed by atoms with E-state index in [2.05, 4.69) is 11.8 Å². The number of rotatable bonds is 5. The number of aliphatic hydroxyl groups is 1. The maximum Gasteiger partial charge on any atom is 0.247 e. The van der Waals surface area contributed by atoms with Crippen LogP contribution in [0.3, 0.4) is 0 Å². The fourth-order valence-corrected chi connectivity index (χ4v) is 5.83. The monoisotopic (exact) mass is 524 g/mol. The van der Waals surface area contributed by atoms with Crippen LogP contribution in [0.15, 0.2) is 47.4 Å². The first-order valence-corrected chi connectivity index (χ1v) is 14.2. The van der Waals surface area contributed by atoms with Gasteiger partial charge >= 0.3 is 0 Å². The van der Waals surface area contributed by atoms with Crippen molar-refractivity contribution in [3.8, 4) is 17.6 Å². The molecule has 0 spiro atoms. The number of benzene rings is 2. The Labute approximate surface area is 206 Å². The Morgan fingerprint density at radius 2 is 1.80 bits per heavy atom. The van der Waals surface area contributed by atoms with Gasteiger partial charge in [0, 0.05) is 36.7 Å². The normalized spacial score (nSPS) is 21.1. The zero-order valence-corrected chi connectivity index (χ0v) is 21.6. The molecule has 0 saturated carbocycles. The van der Waals surface area contributed by atoms with Crippen molar-refractivity contribution in [3.63, 3.8) is 0 Å². The molecule has 0 unspecified atom stereocenters. The molecule has 2 aromatic carbocycles. The van der Waals surface area contributed by atoms with Gasteiger partial charge in [-0.3, -0.25) is 0 Å². The quantitative estimate of drug-likeness (QED) is 0.599. The van der Waals surface area contributed by atoms with Crippen LogP contribution in [0.2, 0.25) is 0 Å². The Hall–Kier alpha value is -2.49. The Balaban J connectivity index is 2.08. The number of hydrogen-bond acceptors (Lipinski definition) is 6. The third kappa shape index (κ3) is 6.39. The van der Waals surface area contributed by atoms with E-state index < -0.39 is 38.1 Å². The van der Waals surface area contributed by atoms with Crippen molar-refractivity contribution in [2.45, 2.75) is 30.9 Å². The minimum Gasteiger partial charge on any atom is -0.487 e. The summed E-state index contributed by atoms with van der Waals surface area (Å²) in [6.45, 7) is 3.05. The Morgan fingerprint density at radius 1 is 1.20 bits per heavy atom. The van der Waals surface area contributed by atoms with Crippen LogP contribution in [-0.2, 0) is 20.0 Å². The number of nitrogens with zero attached hydrogens (tertiary/aromatic N) is 2. The lowest BCUT2D eigenvalue weighted by atomic mass is 10.0. The van der Waals surface area contributed by atoms with E-state index in [9.17, 15) is 26.3 Å². The number of aliphatic hydroxyl groups excluding tert-OH is 1. The molecule has 1 aliphatic heterocycles. The molecule has 3 atom stereocenters. The topological polar surface area (TPSA) is 104 Å². The van der Waals surface area contributed by atoms with Gasteiger partial charge in [-0.05, 0) is 49.4 Å². The molecule has 0 radical (unpaired) electrons. The predicted molar refractivity (Wildman–Crippen MR) is 130 cm³/mol. The first kappa shape index (κ1) is 27.1. The lowest BCUT2D eigenvalue weighted by Gasteiger charge is -2.37. The molecular formula is C24H29FN2O6S2. The number of likely N-dealkylation sites (N-methyl/N-ethyl adjacent to an activating group) is 1. The zero-order chi connectivity index (χ0) is 26.0. The number of halogens is 1. The molecule has 0 aliphatic carbocycles. The smallest absolute Gasteiger partial charge is 0.247 e. The molecule has 190 valence electrons. The van der Waals surface area contributed by atoms with Gasteiger partial charge in [-0.15, -0.1) is 0 Å². The lowest BCUT2D eigenvalue weighted by Crippen LogP contribution is -2.50. The first-order chi connectivity index (χ1) is 16.3. The van der Waals surface area contributed by atoms with Gasteiger partial charge in [-0.2, -0.15) is 4.31 Å². The highest BCUT2D eigenvalue weighted by Crippen LogP contribution is 2.34. The van der Waals surface area contributed by atoms with Crippen molar-refractivity contribution in [2.24, 2.45) is 5.92 Å². The number of ether oxygens (including phenoxy) is 1. The summed E-state index contributed by atoms with van der Waals surface area (Å²) in [5.41, 5.74) is 1.05.